The number of rotatable bonds is 3. The van der Waals surface area contributed by atoms with E-state index in [9.17, 15) is 19.8 Å². The molecule has 0 aliphatic carbocycles. The fourth-order valence-corrected chi connectivity index (χ4v) is 2.57. The molecule has 4 N–H and O–H groups in total. The Morgan fingerprint density at radius 3 is 2.76 bits per heavy atom. The van der Waals surface area contributed by atoms with Crippen LogP contribution in [0.3, 0.4) is 0 Å². The van der Waals surface area contributed by atoms with E-state index < -0.39 is 6.09 Å². The Morgan fingerprint density at radius 1 is 1.20 bits per heavy atom. The maximum absolute atomic E-state index is 12.4. The van der Waals surface area contributed by atoms with Gasteiger partial charge >= 0.3 is 6.09 Å². The second-order valence-corrected chi connectivity index (χ2v) is 5.32. The first kappa shape index (κ1) is 16.4. The molecule has 7 heteroatoms. The number of aromatic nitrogens is 1. The Balaban J connectivity index is 2.16. The molecule has 0 saturated heterocycles. The predicted molar refractivity (Wildman–Crippen MR) is 94.0 cm³/mol. The van der Waals surface area contributed by atoms with Crippen molar-refractivity contribution < 1.29 is 19.7 Å². The van der Waals surface area contributed by atoms with E-state index in [1.165, 1.54) is 30.3 Å². The SMILES string of the molecule is CCOC(=O)Nc1ccc(O)cc1-c1cc(=O)c2c(O)cccc2[nH]1. The monoisotopic (exact) mass is 340 g/mol. The third-order valence-electron chi connectivity index (χ3n) is 3.64. The summed E-state index contributed by atoms with van der Waals surface area (Å²) in [7, 11) is 0. The highest BCUT2D eigenvalue weighted by Gasteiger charge is 2.13. The number of ether oxygens (including phenoxy) is 1. The van der Waals surface area contributed by atoms with E-state index >= 15 is 0 Å². The summed E-state index contributed by atoms with van der Waals surface area (Å²) in [6.45, 7) is 1.90. The number of aromatic hydroxyl groups is 2. The molecule has 0 fully saturated rings. The van der Waals surface area contributed by atoms with E-state index in [1.54, 1.807) is 19.1 Å². The minimum Gasteiger partial charge on any atom is -0.508 e. The van der Waals surface area contributed by atoms with Crippen molar-refractivity contribution in [2.45, 2.75) is 6.92 Å². The zero-order valence-electron chi connectivity index (χ0n) is 13.4. The topological polar surface area (TPSA) is 112 Å². The number of nitrogens with one attached hydrogen (secondary N) is 2. The second kappa shape index (κ2) is 6.56. The summed E-state index contributed by atoms with van der Waals surface area (Å²) in [5.41, 5.74) is 1.22. The lowest BCUT2D eigenvalue weighted by molar-refractivity contribution is 0.168. The molecule has 1 aromatic heterocycles. The third kappa shape index (κ3) is 3.25. The lowest BCUT2D eigenvalue weighted by Gasteiger charge is -2.12. The number of fused-ring (bicyclic) bond motifs is 1. The highest BCUT2D eigenvalue weighted by Crippen LogP contribution is 2.31. The highest BCUT2D eigenvalue weighted by molar-refractivity contribution is 5.93. The Kier molecular flexibility index (Phi) is 4.30. The lowest BCUT2D eigenvalue weighted by atomic mass is 10.1. The maximum atomic E-state index is 12.4. The first-order valence-electron chi connectivity index (χ1n) is 7.61. The Bertz CT molecular complexity index is 1010. The maximum Gasteiger partial charge on any atom is 0.411 e. The molecule has 7 nitrogen and oxygen atoms in total. The number of phenolic OH excluding ortho intramolecular Hbond substituents is 2. The van der Waals surface area contributed by atoms with Crippen LogP contribution in [0.15, 0.2) is 47.3 Å². The molecule has 0 radical (unpaired) electrons. The van der Waals surface area contributed by atoms with Gasteiger partial charge in [0.15, 0.2) is 5.43 Å². The molecular weight excluding hydrogens is 324 g/mol. The van der Waals surface area contributed by atoms with Gasteiger partial charge in [0.05, 0.1) is 28.9 Å². The summed E-state index contributed by atoms with van der Waals surface area (Å²) in [6, 6.07) is 10.3. The van der Waals surface area contributed by atoms with Crippen LogP contribution < -0.4 is 10.7 Å². The molecular formula is C18H16N2O5. The fourth-order valence-electron chi connectivity index (χ4n) is 2.57. The number of phenols is 2. The van der Waals surface area contributed by atoms with E-state index in [1.807, 2.05) is 0 Å². The van der Waals surface area contributed by atoms with E-state index in [4.69, 9.17) is 4.74 Å². The number of benzene rings is 2. The Hall–Kier alpha value is -3.48. The zero-order chi connectivity index (χ0) is 18.0. The molecule has 128 valence electrons. The van der Waals surface area contributed by atoms with Gasteiger partial charge in [-0.15, -0.1) is 0 Å². The quantitative estimate of drug-likeness (QED) is 0.547. The molecule has 0 spiro atoms. The van der Waals surface area contributed by atoms with Crippen LogP contribution in [0, 0.1) is 0 Å². The van der Waals surface area contributed by atoms with Gasteiger partial charge in [0.25, 0.3) is 0 Å². The first-order valence-corrected chi connectivity index (χ1v) is 7.61. The molecule has 3 aromatic rings. The minimum absolute atomic E-state index is 0.0266. The average Bonchev–Trinajstić information content (AvgIpc) is 2.56. The standard InChI is InChI=1S/C18H16N2O5/c1-2-25-18(24)20-12-7-6-10(21)8-11(12)14-9-16(23)17-13(19-14)4-3-5-15(17)22/h3-9,21-22H,2H2,1H3,(H,19,23)(H,20,24). The van der Waals surface area contributed by atoms with Gasteiger partial charge in [-0.25, -0.2) is 4.79 Å². The van der Waals surface area contributed by atoms with Crippen molar-refractivity contribution in [3.05, 3.63) is 52.7 Å². The predicted octanol–water partition coefficient (Wildman–Crippen LogP) is 3.17. The largest absolute Gasteiger partial charge is 0.508 e. The summed E-state index contributed by atoms with van der Waals surface area (Å²) in [5.74, 6) is -0.146. The summed E-state index contributed by atoms with van der Waals surface area (Å²) in [5, 5.41) is 22.4. The molecule has 25 heavy (non-hydrogen) atoms. The van der Waals surface area contributed by atoms with Gasteiger partial charge in [0.2, 0.25) is 0 Å². The van der Waals surface area contributed by atoms with Crippen molar-refractivity contribution in [1.29, 1.82) is 0 Å². The van der Waals surface area contributed by atoms with Crippen LogP contribution in [0.2, 0.25) is 0 Å². The molecule has 0 atom stereocenters. The molecule has 2 aromatic carbocycles. The van der Waals surface area contributed by atoms with Gasteiger partial charge in [-0.3, -0.25) is 10.1 Å². The molecule has 0 aliphatic heterocycles. The number of amides is 1. The molecule has 0 aliphatic rings. The summed E-state index contributed by atoms with van der Waals surface area (Å²) < 4.78 is 4.86. The number of carbonyl (C=O) groups is 1. The molecule has 0 bridgehead atoms. The van der Waals surface area contributed by atoms with Crippen LogP contribution in [0.25, 0.3) is 22.2 Å². The third-order valence-corrected chi connectivity index (χ3v) is 3.64. The minimum atomic E-state index is -0.643. The normalized spacial score (nSPS) is 10.6. The number of hydrogen-bond acceptors (Lipinski definition) is 5. The van der Waals surface area contributed by atoms with Crippen LogP contribution in [0.4, 0.5) is 10.5 Å². The Morgan fingerprint density at radius 2 is 2.00 bits per heavy atom. The van der Waals surface area contributed by atoms with E-state index in [0.717, 1.165) is 0 Å². The zero-order valence-corrected chi connectivity index (χ0v) is 13.4. The van der Waals surface area contributed by atoms with Crippen molar-refractivity contribution in [3.63, 3.8) is 0 Å². The van der Waals surface area contributed by atoms with Crippen molar-refractivity contribution in [2.24, 2.45) is 0 Å². The van der Waals surface area contributed by atoms with Gasteiger partial charge < -0.3 is 19.9 Å². The van der Waals surface area contributed by atoms with Gasteiger partial charge in [0, 0.05) is 11.6 Å². The average molecular weight is 340 g/mol. The fraction of sp³-hybridized carbons (Fsp3) is 0.111. The molecule has 3 rings (SSSR count). The van der Waals surface area contributed by atoms with Gasteiger partial charge in [-0.2, -0.15) is 0 Å². The van der Waals surface area contributed by atoms with Crippen LogP contribution in [0.1, 0.15) is 6.92 Å². The molecule has 1 amide bonds. The number of aromatic amines is 1. The second-order valence-electron chi connectivity index (χ2n) is 5.32. The van der Waals surface area contributed by atoms with Crippen molar-refractivity contribution >= 4 is 22.7 Å². The van der Waals surface area contributed by atoms with E-state index in [2.05, 4.69) is 10.3 Å². The van der Waals surface area contributed by atoms with Gasteiger partial charge in [0.1, 0.15) is 11.5 Å². The number of pyridine rings is 1. The van der Waals surface area contributed by atoms with Crippen molar-refractivity contribution in [2.75, 3.05) is 11.9 Å². The number of anilines is 1. The van der Waals surface area contributed by atoms with Crippen molar-refractivity contribution in [1.82, 2.24) is 4.98 Å². The van der Waals surface area contributed by atoms with Crippen LogP contribution >= 0.6 is 0 Å². The summed E-state index contributed by atoms with van der Waals surface area (Å²) in [4.78, 5) is 27.1. The van der Waals surface area contributed by atoms with Crippen molar-refractivity contribution in [3.8, 4) is 22.8 Å². The summed E-state index contributed by atoms with van der Waals surface area (Å²) in [6.07, 6.45) is -0.643. The van der Waals surface area contributed by atoms with Gasteiger partial charge in [-0.05, 0) is 37.3 Å². The van der Waals surface area contributed by atoms with Crippen LogP contribution in [-0.4, -0.2) is 27.9 Å². The number of hydrogen-bond donors (Lipinski definition) is 4. The summed E-state index contributed by atoms with van der Waals surface area (Å²) >= 11 is 0. The van der Waals surface area contributed by atoms with E-state index in [0.29, 0.717) is 22.5 Å². The molecule has 0 unspecified atom stereocenters. The lowest BCUT2D eigenvalue weighted by Crippen LogP contribution is -2.14. The number of H-pyrrole nitrogens is 1. The Labute approximate surface area is 142 Å². The molecule has 0 saturated carbocycles. The smallest absolute Gasteiger partial charge is 0.411 e. The first-order chi connectivity index (χ1) is 12.0. The van der Waals surface area contributed by atoms with Gasteiger partial charge in [-0.1, -0.05) is 6.07 Å². The van der Waals surface area contributed by atoms with Crippen LogP contribution in [-0.2, 0) is 4.74 Å². The van der Waals surface area contributed by atoms with E-state index in [-0.39, 0.29) is 28.9 Å². The molecule has 1 heterocycles. The van der Waals surface area contributed by atoms with Crippen LogP contribution in [0.5, 0.6) is 11.5 Å². The number of carbonyl (C=O) groups excluding carboxylic acids is 1. The highest BCUT2D eigenvalue weighted by atomic mass is 16.5.